The van der Waals surface area contributed by atoms with Gasteiger partial charge in [-0.25, -0.2) is 18.2 Å². The number of pyridine rings is 1. The number of esters is 1. The molecule has 2 aliphatic rings. The zero-order valence-electron chi connectivity index (χ0n) is 26.0. The number of phenolic OH excluding ortho intramolecular Hbond substituents is 1. The molecule has 1 saturated carbocycles. The first kappa shape index (κ1) is 35.9. The summed E-state index contributed by atoms with van der Waals surface area (Å²) in [5.41, 5.74) is 0.736. The summed E-state index contributed by atoms with van der Waals surface area (Å²) < 4.78 is 74.6. The Hall–Kier alpha value is -3.43. The molecule has 2 heterocycles. The van der Waals surface area contributed by atoms with Crippen molar-refractivity contribution in [1.82, 2.24) is 4.90 Å². The fourth-order valence-corrected chi connectivity index (χ4v) is 6.63. The number of halogens is 4. The number of hydrogen-bond acceptors (Lipinski definition) is 9. The summed E-state index contributed by atoms with van der Waals surface area (Å²) >= 11 is 12.8. The number of sulfonamides is 1. The van der Waals surface area contributed by atoms with Gasteiger partial charge in [-0.05, 0) is 48.6 Å². The Morgan fingerprint density at radius 1 is 1.10 bits per heavy atom. The van der Waals surface area contributed by atoms with Crippen LogP contribution in [0.1, 0.15) is 40.4 Å². The lowest BCUT2D eigenvalue weighted by Crippen LogP contribution is -2.43. The molecule has 2 N–H and O–H groups in total. The van der Waals surface area contributed by atoms with E-state index in [-0.39, 0.29) is 45.8 Å². The van der Waals surface area contributed by atoms with Crippen LogP contribution in [-0.2, 0) is 25.9 Å². The zero-order chi connectivity index (χ0) is 34.4. The van der Waals surface area contributed by atoms with Gasteiger partial charge in [0, 0.05) is 44.2 Å². The molecule has 5 rings (SSSR count). The van der Waals surface area contributed by atoms with Crippen LogP contribution in [0.4, 0.5) is 14.5 Å². The second kappa shape index (κ2) is 15.9. The number of aromatic nitrogens is 1. The molecule has 0 unspecified atom stereocenters. The highest BCUT2D eigenvalue weighted by molar-refractivity contribution is 7.92. The normalized spacial score (nSPS) is 16.0. The lowest BCUT2D eigenvalue weighted by molar-refractivity contribution is -0.377. The Morgan fingerprint density at radius 3 is 2.44 bits per heavy atom. The van der Waals surface area contributed by atoms with E-state index in [1.807, 2.05) is 0 Å². The van der Waals surface area contributed by atoms with E-state index in [4.69, 9.17) is 37.4 Å². The number of carbonyl (C=O) groups is 1. The number of alkyl halides is 2. The van der Waals surface area contributed by atoms with E-state index in [1.165, 1.54) is 48.8 Å². The van der Waals surface area contributed by atoms with E-state index in [0.717, 1.165) is 23.4 Å². The molecule has 0 bridgehead atoms. The lowest BCUT2D eigenvalue weighted by atomic mass is 10.0. The Kier molecular flexibility index (Phi) is 11.8. The van der Waals surface area contributed by atoms with Gasteiger partial charge in [0.15, 0.2) is 23.9 Å². The minimum Gasteiger partial charge on any atom is -0.507 e. The van der Waals surface area contributed by atoms with Gasteiger partial charge in [-0.15, -0.1) is 0 Å². The first-order valence-electron chi connectivity index (χ1n) is 15.3. The molecule has 2 fully saturated rings. The van der Waals surface area contributed by atoms with Crippen molar-refractivity contribution >= 4 is 44.9 Å². The molecule has 1 aliphatic heterocycles. The molecular weight excluding hydrogens is 695 g/mol. The van der Waals surface area contributed by atoms with Crippen molar-refractivity contribution < 1.29 is 51.0 Å². The number of ether oxygens (including phenoxy) is 4. The van der Waals surface area contributed by atoms with Crippen molar-refractivity contribution in [1.29, 1.82) is 0 Å². The Morgan fingerprint density at radius 2 is 1.81 bits per heavy atom. The summed E-state index contributed by atoms with van der Waals surface area (Å²) in [4.78, 5) is 18.5. The fraction of sp³-hybridized carbons (Fsp3) is 0.438. The SMILES string of the molecule is CS(=O)(=O)N(CCN1CCOCC1)c1ccc(C(=O)O[C@@H](Cc2c(Cl)c[nH+]cc2Cl)c2ccc(OC(F)F)c(OCC3CC3)c2)c(O)c1. The summed E-state index contributed by atoms with van der Waals surface area (Å²) in [5.74, 6) is -1.27. The zero-order valence-corrected chi connectivity index (χ0v) is 28.4. The maximum absolute atomic E-state index is 13.6. The highest BCUT2D eigenvalue weighted by atomic mass is 35.5. The first-order chi connectivity index (χ1) is 22.9. The number of carbonyl (C=O) groups excluding carboxylic acids is 1. The van der Waals surface area contributed by atoms with Crippen molar-refractivity contribution in [2.45, 2.75) is 32.0 Å². The number of morpholine rings is 1. The van der Waals surface area contributed by atoms with Gasteiger partial charge in [-0.2, -0.15) is 8.78 Å². The van der Waals surface area contributed by atoms with Gasteiger partial charge in [0.05, 0.1) is 31.8 Å². The molecule has 2 aromatic carbocycles. The highest BCUT2D eigenvalue weighted by Gasteiger charge is 2.28. The van der Waals surface area contributed by atoms with E-state index in [0.29, 0.717) is 56.5 Å². The Bertz CT molecular complexity index is 1690. The molecule has 1 saturated heterocycles. The third-order valence-electron chi connectivity index (χ3n) is 7.98. The maximum Gasteiger partial charge on any atom is 0.387 e. The molecule has 260 valence electrons. The second-order valence-electron chi connectivity index (χ2n) is 11.6. The van der Waals surface area contributed by atoms with Crippen LogP contribution < -0.4 is 18.8 Å². The molecular formula is C32H36Cl2F2N3O8S+. The smallest absolute Gasteiger partial charge is 0.387 e. The van der Waals surface area contributed by atoms with Gasteiger partial charge in [0.1, 0.15) is 27.5 Å². The van der Waals surface area contributed by atoms with Crippen molar-refractivity contribution in [2.24, 2.45) is 5.92 Å². The molecule has 1 atom stereocenters. The summed E-state index contributed by atoms with van der Waals surface area (Å²) in [6.45, 7) is 0.231. The van der Waals surface area contributed by atoms with Gasteiger partial charge < -0.3 is 24.1 Å². The predicted molar refractivity (Wildman–Crippen MR) is 174 cm³/mol. The van der Waals surface area contributed by atoms with Crippen LogP contribution in [0.5, 0.6) is 17.2 Å². The van der Waals surface area contributed by atoms with E-state index in [2.05, 4.69) is 14.6 Å². The maximum atomic E-state index is 13.6. The van der Waals surface area contributed by atoms with Gasteiger partial charge in [-0.1, -0.05) is 29.3 Å². The minimum atomic E-state index is -3.74. The molecule has 0 amide bonds. The number of nitrogens with zero attached hydrogens (tertiary/aromatic N) is 2. The van der Waals surface area contributed by atoms with Crippen LogP contribution in [-0.4, -0.2) is 83.3 Å². The van der Waals surface area contributed by atoms with Gasteiger partial charge >= 0.3 is 12.6 Å². The van der Waals surface area contributed by atoms with Crippen molar-refractivity contribution in [3.05, 3.63) is 75.5 Å². The van der Waals surface area contributed by atoms with E-state index < -0.39 is 34.5 Å². The average Bonchev–Trinajstić information content (AvgIpc) is 3.86. The molecule has 11 nitrogen and oxygen atoms in total. The van der Waals surface area contributed by atoms with Gasteiger partial charge in [0.2, 0.25) is 10.0 Å². The van der Waals surface area contributed by atoms with Crippen molar-refractivity contribution in [3.63, 3.8) is 0 Å². The largest absolute Gasteiger partial charge is 0.507 e. The standard InChI is InChI=1S/C32H35Cl2F2N3O8S/c1-48(42,43)39(9-8-38-10-12-44-13-11-38)22-5-6-23(27(40)15-22)31(41)46-29(16-24-25(33)17-37-18-26(24)34)21-4-7-28(47-32(35)36)30(14-21)45-19-20-2-3-20/h4-7,14-15,17-18,20,29,32,40H,2-3,8-13,16,19H2,1H3/p+1/t29-/m0/s1. The Labute approximate surface area is 287 Å². The summed E-state index contributed by atoms with van der Waals surface area (Å²) in [6.07, 6.45) is 4.88. The average molecular weight is 732 g/mol. The number of aromatic hydroxyl groups is 1. The quantitative estimate of drug-likeness (QED) is 0.211. The number of anilines is 1. The van der Waals surface area contributed by atoms with Crippen molar-refractivity contribution in [3.8, 4) is 17.2 Å². The molecule has 0 radical (unpaired) electrons. The van der Waals surface area contributed by atoms with Crippen LogP contribution in [0.3, 0.4) is 0 Å². The number of rotatable bonds is 15. The number of aromatic amines is 1. The molecule has 16 heteroatoms. The van der Waals surface area contributed by atoms with Gasteiger partial charge in [0.25, 0.3) is 0 Å². The molecule has 0 spiro atoms. The highest BCUT2D eigenvalue weighted by Crippen LogP contribution is 2.38. The van der Waals surface area contributed by atoms with E-state index >= 15 is 0 Å². The summed E-state index contributed by atoms with van der Waals surface area (Å²) in [5, 5.41) is 11.5. The molecule has 1 aliphatic carbocycles. The monoisotopic (exact) mass is 730 g/mol. The lowest BCUT2D eigenvalue weighted by Gasteiger charge is -2.30. The van der Waals surface area contributed by atoms with Gasteiger partial charge in [-0.3, -0.25) is 9.21 Å². The molecule has 3 aromatic rings. The number of benzene rings is 2. The predicted octanol–water partition coefficient (Wildman–Crippen LogP) is 5.14. The summed E-state index contributed by atoms with van der Waals surface area (Å²) in [6, 6.07) is 8.09. The second-order valence-corrected chi connectivity index (χ2v) is 14.3. The fourth-order valence-electron chi connectivity index (χ4n) is 5.19. The number of phenols is 1. The Balaban J connectivity index is 1.42. The minimum absolute atomic E-state index is 0.0303. The summed E-state index contributed by atoms with van der Waals surface area (Å²) in [7, 11) is -3.74. The van der Waals surface area contributed by atoms with E-state index in [1.54, 1.807) is 0 Å². The topological polar surface area (TPSA) is 129 Å². The van der Waals surface area contributed by atoms with Crippen LogP contribution >= 0.6 is 23.2 Å². The molecule has 48 heavy (non-hydrogen) atoms. The molecule has 1 aromatic heterocycles. The van der Waals surface area contributed by atoms with Crippen LogP contribution in [0, 0.1) is 5.92 Å². The van der Waals surface area contributed by atoms with Crippen LogP contribution in [0.25, 0.3) is 0 Å². The third-order valence-corrected chi connectivity index (χ3v) is 9.84. The van der Waals surface area contributed by atoms with Crippen molar-refractivity contribution in [2.75, 3.05) is 56.6 Å². The number of nitrogens with one attached hydrogen (secondary N) is 1. The van der Waals surface area contributed by atoms with Crippen LogP contribution in [0.15, 0.2) is 48.8 Å². The number of hydrogen-bond donors (Lipinski definition) is 1. The van der Waals surface area contributed by atoms with E-state index in [9.17, 15) is 27.1 Å². The first-order valence-corrected chi connectivity index (χ1v) is 17.9. The third kappa shape index (κ3) is 9.59. The number of H-pyrrole nitrogens is 1. The van der Waals surface area contributed by atoms with Crippen LogP contribution in [0.2, 0.25) is 10.0 Å².